The van der Waals surface area contributed by atoms with Gasteiger partial charge < -0.3 is 5.11 Å². The number of rotatable bonds is 2. The third-order valence-corrected chi connectivity index (χ3v) is 1.89. The van der Waals surface area contributed by atoms with Gasteiger partial charge in [0.15, 0.2) is 0 Å². The highest BCUT2D eigenvalue weighted by Gasteiger charge is 1.88. The van der Waals surface area contributed by atoms with Crippen molar-refractivity contribution in [2.75, 3.05) is 6.61 Å². The van der Waals surface area contributed by atoms with Gasteiger partial charge in [0.05, 0.1) is 0 Å². The molecule has 1 nitrogen and oxygen atoms in total. The van der Waals surface area contributed by atoms with Gasteiger partial charge in [0.25, 0.3) is 0 Å². The van der Waals surface area contributed by atoms with Crippen molar-refractivity contribution >= 4 is 11.6 Å². The molecule has 0 spiro atoms. The lowest BCUT2D eigenvalue weighted by molar-refractivity contribution is 0.301. The first-order valence-corrected chi connectivity index (χ1v) is 4.66. The highest BCUT2D eigenvalue weighted by Crippen LogP contribution is 2.08. The van der Waals surface area contributed by atoms with E-state index < -0.39 is 0 Å². The van der Waals surface area contributed by atoms with Crippen molar-refractivity contribution in [3.63, 3.8) is 0 Å². The van der Waals surface area contributed by atoms with Crippen LogP contribution in [0.4, 0.5) is 0 Å². The van der Waals surface area contributed by atoms with Crippen LogP contribution < -0.4 is 0 Å². The quantitative estimate of drug-likeness (QED) is 0.738. The summed E-state index contributed by atoms with van der Waals surface area (Å²) in [5.41, 5.74) is 1.64. The average Bonchev–Trinajstić information content (AvgIpc) is 2.17. The number of hydrogen-bond acceptors (Lipinski definition) is 1. The molecule has 0 radical (unpaired) electrons. The lowest BCUT2D eigenvalue weighted by Gasteiger charge is -1.92. The molecule has 0 aliphatic carbocycles. The summed E-state index contributed by atoms with van der Waals surface area (Å²) in [5, 5.41) is 9.32. The number of benzene rings is 1. The van der Waals surface area contributed by atoms with E-state index in [2.05, 4.69) is 18.4 Å². The van der Waals surface area contributed by atoms with Crippen molar-refractivity contribution in [3.05, 3.63) is 47.0 Å². The maximum absolute atomic E-state index is 8.62. The third-order valence-electron chi connectivity index (χ3n) is 1.64. The molecule has 0 bridgehead atoms. The standard InChI is InChI=1S/C12H11ClO/c1-10(8-9-14)2-3-11-4-6-12(13)7-5-11/h4-7,14H,1,8-9H2. The smallest absolute Gasteiger partial charge is 0.0477 e. The fourth-order valence-corrected chi connectivity index (χ4v) is 1.02. The summed E-state index contributed by atoms with van der Waals surface area (Å²) in [6.07, 6.45) is 0.528. The Kier molecular flexibility index (Phi) is 4.25. The van der Waals surface area contributed by atoms with E-state index in [9.17, 15) is 0 Å². The fraction of sp³-hybridized carbons (Fsp3) is 0.167. The van der Waals surface area contributed by atoms with Crippen LogP contribution in [0, 0.1) is 11.8 Å². The van der Waals surface area contributed by atoms with Crippen LogP contribution in [-0.2, 0) is 0 Å². The maximum atomic E-state index is 8.62. The number of aliphatic hydroxyl groups is 1. The monoisotopic (exact) mass is 206 g/mol. The second kappa shape index (κ2) is 5.49. The second-order valence-electron chi connectivity index (χ2n) is 2.83. The second-order valence-corrected chi connectivity index (χ2v) is 3.27. The lowest BCUT2D eigenvalue weighted by atomic mass is 10.2. The van der Waals surface area contributed by atoms with E-state index in [0.29, 0.717) is 11.4 Å². The molecule has 2 heteroatoms. The Balaban J connectivity index is 2.68. The van der Waals surface area contributed by atoms with E-state index in [1.165, 1.54) is 0 Å². The van der Waals surface area contributed by atoms with E-state index in [-0.39, 0.29) is 6.61 Å². The predicted octanol–water partition coefficient (Wildman–Crippen LogP) is 2.63. The van der Waals surface area contributed by atoms with Gasteiger partial charge in [-0.25, -0.2) is 0 Å². The van der Waals surface area contributed by atoms with Gasteiger partial charge in [-0.3, -0.25) is 0 Å². The molecule has 0 heterocycles. The Labute approximate surface area is 89.0 Å². The Morgan fingerprint density at radius 1 is 1.36 bits per heavy atom. The first kappa shape index (κ1) is 10.8. The summed E-state index contributed by atoms with van der Waals surface area (Å²) in [7, 11) is 0. The van der Waals surface area contributed by atoms with Crippen molar-refractivity contribution in [2.45, 2.75) is 6.42 Å². The van der Waals surface area contributed by atoms with Gasteiger partial charge in [-0.2, -0.15) is 0 Å². The van der Waals surface area contributed by atoms with Crippen LogP contribution >= 0.6 is 11.6 Å². The van der Waals surface area contributed by atoms with E-state index in [1.807, 2.05) is 12.1 Å². The Morgan fingerprint density at radius 3 is 2.57 bits per heavy atom. The summed E-state index contributed by atoms with van der Waals surface area (Å²) in [4.78, 5) is 0. The Bertz CT molecular complexity index is 368. The molecule has 0 unspecified atom stereocenters. The van der Waals surface area contributed by atoms with Gasteiger partial charge in [-0.15, -0.1) is 0 Å². The van der Waals surface area contributed by atoms with Gasteiger partial charge in [0.2, 0.25) is 0 Å². The molecule has 0 aliphatic heterocycles. The molecule has 1 N–H and O–H groups in total. The SMILES string of the molecule is C=C(C#Cc1ccc(Cl)cc1)CCO. The third kappa shape index (κ3) is 3.66. The van der Waals surface area contributed by atoms with Gasteiger partial charge in [-0.05, 0) is 29.8 Å². The molecular formula is C12H11ClO. The minimum atomic E-state index is 0.0914. The molecule has 0 aliphatic rings. The summed E-state index contributed by atoms with van der Waals surface area (Å²) in [5.74, 6) is 5.81. The van der Waals surface area contributed by atoms with E-state index in [4.69, 9.17) is 16.7 Å². The predicted molar refractivity (Wildman–Crippen MR) is 59.2 cm³/mol. The highest BCUT2D eigenvalue weighted by molar-refractivity contribution is 6.30. The zero-order valence-corrected chi connectivity index (χ0v) is 8.51. The van der Waals surface area contributed by atoms with Crippen LogP contribution in [0.25, 0.3) is 0 Å². The molecule has 0 saturated carbocycles. The summed E-state index contributed by atoms with van der Waals surface area (Å²) in [6.45, 7) is 3.81. The Hall–Kier alpha value is -1.23. The zero-order chi connectivity index (χ0) is 10.4. The first-order valence-electron chi connectivity index (χ1n) is 4.28. The molecule has 1 aromatic rings. The van der Waals surface area contributed by atoms with E-state index >= 15 is 0 Å². The molecule has 72 valence electrons. The Morgan fingerprint density at radius 2 is 2.00 bits per heavy atom. The molecule has 0 atom stereocenters. The molecule has 1 aromatic carbocycles. The van der Waals surface area contributed by atoms with Crippen molar-refractivity contribution in [3.8, 4) is 11.8 Å². The van der Waals surface area contributed by atoms with Gasteiger partial charge in [0, 0.05) is 23.6 Å². The molecular weight excluding hydrogens is 196 g/mol. The number of aliphatic hydroxyl groups excluding tert-OH is 1. The normalized spacial score (nSPS) is 9.00. The minimum Gasteiger partial charge on any atom is -0.396 e. The fourth-order valence-electron chi connectivity index (χ4n) is 0.891. The topological polar surface area (TPSA) is 20.2 Å². The van der Waals surface area contributed by atoms with Gasteiger partial charge in [-0.1, -0.05) is 30.0 Å². The van der Waals surface area contributed by atoms with E-state index in [1.54, 1.807) is 12.1 Å². The first-order chi connectivity index (χ1) is 6.72. The maximum Gasteiger partial charge on any atom is 0.0477 e. The zero-order valence-electron chi connectivity index (χ0n) is 7.76. The van der Waals surface area contributed by atoms with Gasteiger partial charge >= 0.3 is 0 Å². The largest absolute Gasteiger partial charge is 0.396 e. The number of halogens is 1. The molecule has 0 amide bonds. The van der Waals surface area contributed by atoms with Crippen LogP contribution in [0.2, 0.25) is 5.02 Å². The van der Waals surface area contributed by atoms with Crippen molar-refractivity contribution in [1.29, 1.82) is 0 Å². The van der Waals surface area contributed by atoms with Crippen molar-refractivity contribution in [2.24, 2.45) is 0 Å². The summed E-state index contributed by atoms with van der Waals surface area (Å²) in [6, 6.07) is 7.28. The van der Waals surface area contributed by atoms with Crippen LogP contribution in [0.5, 0.6) is 0 Å². The minimum absolute atomic E-state index is 0.0914. The average molecular weight is 207 g/mol. The van der Waals surface area contributed by atoms with E-state index in [0.717, 1.165) is 11.1 Å². The molecule has 0 aromatic heterocycles. The summed E-state index contributed by atoms with van der Waals surface area (Å²) < 4.78 is 0. The molecule has 0 fully saturated rings. The molecule has 14 heavy (non-hydrogen) atoms. The van der Waals surface area contributed by atoms with Crippen LogP contribution in [0.3, 0.4) is 0 Å². The van der Waals surface area contributed by atoms with Crippen LogP contribution in [0.15, 0.2) is 36.4 Å². The molecule has 0 saturated heterocycles. The highest BCUT2D eigenvalue weighted by atomic mass is 35.5. The van der Waals surface area contributed by atoms with Crippen molar-refractivity contribution in [1.82, 2.24) is 0 Å². The van der Waals surface area contributed by atoms with Crippen LogP contribution in [-0.4, -0.2) is 11.7 Å². The van der Waals surface area contributed by atoms with Gasteiger partial charge in [0.1, 0.15) is 0 Å². The van der Waals surface area contributed by atoms with Crippen LogP contribution in [0.1, 0.15) is 12.0 Å². The molecule has 1 rings (SSSR count). The van der Waals surface area contributed by atoms with Crippen molar-refractivity contribution < 1.29 is 5.11 Å². The lowest BCUT2D eigenvalue weighted by Crippen LogP contribution is -1.83. The number of hydrogen-bond donors (Lipinski definition) is 1. The summed E-state index contributed by atoms with van der Waals surface area (Å²) >= 11 is 5.73.